The molecule has 1 aliphatic carbocycles. The molecule has 4 rings (SSSR count). The zero-order valence-corrected chi connectivity index (χ0v) is 19.1. The molecule has 0 amide bonds. The lowest BCUT2D eigenvalue weighted by Crippen LogP contribution is -2.31. The minimum Gasteiger partial charge on any atom is -0.241 e. The lowest BCUT2D eigenvalue weighted by Gasteiger charge is -2.28. The van der Waals surface area contributed by atoms with Crippen LogP contribution in [0.1, 0.15) is 23.5 Å². The third kappa shape index (κ3) is 2.94. The van der Waals surface area contributed by atoms with Crippen LogP contribution in [0.25, 0.3) is 10.9 Å². The smallest absolute Gasteiger partial charge is 0.241 e. The van der Waals surface area contributed by atoms with Gasteiger partial charge in [0.2, 0.25) is 0 Å². The monoisotopic (exact) mass is 465 g/mol. The summed E-state index contributed by atoms with van der Waals surface area (Å²) < 4.78 is 28.3. The molecular weight excluding hydrogens is 446 g/mol. The predicted octanol–water partition coefficient (Wildman–Crippen LogP) is 4.54. The fraction of sp³-hybridized carbons (Fsp3) is 0.231. The van der Waals surface area contributed by atoms with Gasteiger partial charge in [0.05, 0.1) is 40.6 Å². The van der Waals surface area contributed by atoms with Gasteiger partial charge in [-0.2, -0.15) is 21.0 Å². The van der Waals surface area contributed by atoms with Gasteiger partial charge in [-0.1, -0.05) is 42.0 Å². The number of aryl methyl sites for hydroxylation is 1. The van der Waals surface area contributed by atoms with Gasteiger partial charge in [0.15, 0.2) is 10.8 Å². The second-order valence-electron chi connectivity index (χ2n) is 8.48. The standard InChI is InChI=1S/C26H19N5O2S/c1-3-19-12-25(14-27,15-28)24(26(19,16-29)17-30)22-13-31(23-7-5-4-6-21(22)23)34(32,33)20-10-8-18(2)9-11-20/h3-11,13,19,24H,1,12H2,2H3/t19-,24-/m1/s1. The van der Waals surface area contributed by atoms with Crippen LogP contribution < -0.4 is 0 Å². The number of para-hydroxylation sites is 1. The zero-order chi connectivity index (χ0) is 24.7. The summed E-state index contributed by atoms with van der Waals surface area (Å²) in [4.78, 5) is 0.0689. The third-order valence-corrected chi connectivity index (χ3v) is 8.41. The molecule has 34 heavy (non-hydrogen) atoms. The van der Waals surface area contributed by atoms with Crippen molar-refractivity contribution in [2.24, 2.45) is 16.7 Å². The molecule has 2 aromatic carbocycles. The fourth-order valence-corrected chi connectivity index (χ4v) is 6.38. The fourth-order valence-electron chi connectivity index (χ4n) is 5.00. The Hall–Kier alpha value is -4.37. The molecule has 0 aliphatic heterocycles. The van der Waals surface area contributed by atoms with E-state index in [1.54, 1.807) is 36.4 Å². The molecule has 3 aromatic rings. The Morgan fingerprint density at radius 2 is 1.62 bits per heavy atom. The summed E-state index contributed by atoms with van der Waals surface area (Å²) in [5, 5.41) is 40.9. The summed E-state index contributed by atoms with van der Waals surface area (Å²) in [7, 11) is -4.05. The number of benzene rings is 2. The van der Waals surface area contributed by atoms with Crippen LogP contribution in [0.4, 0.5) is 0 Å². The molecule has 0 spiro atoms. The van der Waals surface area contributed by atoms with Crippen molar-refractivity contribution in [2.75, 3.05) is 0 Å². The van der Waals surface area contributed by atoms with Crippen molar-refractivity contribution >= 4 is 20.9 Å². The Morgan fingerprint density at radius 3 is 2.18 bits per heavy atom. The number of hydrogen-bond donors (Lipinski definition) is 0. The van der Waals surface area contributed by atoms with E-state index in [2.05, 4.69) is 18.7 Å². The van der Waals surface area contributed by atoms with Crippen molar-refractivity contribution in [2.45, 2.75) is 24.2 Å². The van der Waals surface area contributed by atoms with E-state index < -0.39 is 32.7 Å². The van der Waals surface area contributed by atoms with Gasteiger partial charge in [0, 0.05) is 17.5 Å². The van der Waals surface area contributed by atoms with Crippen LogP contribution >= 0.6 is 0 Å². The first kappa shape index (κ1) is 22.8. The van der Waals surface area contributed by atoms with Crippen molar-refractivity contribution in [1.82, 2.24) is 3.97 Å². The molecule has 7 nitrogen and oxygen atoms in total. The highest BCUT2D eigenvalue weighted by Gasteiger charge is 2.65. The highest BCUT2D eigenvalue weighted by Crippen LogP contribution is 2.63. The van der Waals surface area contributed by atoms with Crippen molar-refractivity contribution < 1.29 is 8.42 Å². The third-order valence-electron chi connectivity index (χ3n) is 6.73. The molecule has 1 fully saturated rings. The minimum absolute atomic E-state index is 0.0560. The van der Waals surface area contributed by atoms with Crippen LogP contribution in [-0.2, 0) is 10.0 Å². The van der Waals surface area contributed by atoms with Crippen LogP contribution in [0.15, 0.2) is 72.3 Å². The molecule has 0 N–H and O–H groups in total. The van der Waals surface area contributed by atoms with E-state index in [-0.39, 0.29) is 11.3 Å². The number of rotatable bonds is 4. The van der Waals surface area contributed by atoms with Crippen LogP contribution in [0.2, 0.25) is 0 Å². The normalized spacial score (nSPS) is 20.5. The lowest BCUT2D eigenvalue weighted by molar-refractivity contribution is 0.373. The van der Waals surface area contributed by atoms with Crippen molar-refractivity contribution in [3.05, 3.63) is 78.5 Å². The number of hydrogen-bond acceptors (Lipinski definition) is 6. The zero-order valence-electron chi connectivity index (χ0n) is 18.3. The van der Waals surface area contributed by atoms with Crippen molar-refractivity contribution in [1.29, 1.82) is 21.0 Å². The lowest BCUT2D eigenvalue weighted by atomic mass is 9.66. The molecule has 8 heteroatoms. The first-order valence-electron chi connectivity index (χ1n) is 10.4. The van der Waals surface area contributed by atoms with Gasteiger partial charge in [-0.05, 0) is 37.1 Å². The summed E-state index contributed by atoms with van der Waals surface area (Å²) in [6.45, 7) is 5.58. The number of nitriles is 4. The van der Waals surface area contributed by atoms with Gasteiger partial charge in [-0.3, -0.25) is 0 Å². The maximum Gasteiger partial charge on any atom is 0.268 e. The summed E-state index contributed by atoms with van der Waals surface area (Å²) in [5.74, 6) is -1.92. The van der Waals surface area contributed by atoms with E-state index in [0.717, 1.165) is 9.54 Å². The van der Waals surface area contributed by atoms with Crippen LogP contribution in [0.3, 0.4) is 0 Å². The number of fused-ring (bicyclic) bond motifs is 1. The topological polar surface area (TPSA) is 134 Å². The number of nitrogens with zero attached hydrogens (tertiary/aromatic N) is 5. The molecule has 1 saturated carbocycles. The first-order chi connectivity index (χ1) is 16.2. The minimum atomic E-state index is -4.05. The van der Waals surface area contributed by atoms with Gasteiger partial charge in [-0.15, -0.1) is 6.58 Å². The maximum absolute atomic E-state index is 13.6. The van der Waals surface area contributed by atoms with E-state index in [9.17, 15) is 29.5 Å². The van der Waals surface area contributed by atoms with Crippen LogP contribution in [-0.4, -0.2) is 12.4 Å². The largest absolute Gasteiger partial charge is 0.268 e. The predicted molar refractivity (Wildman–Crippen MR) is 124 cm³/mol. The summed E-state index contributed by atoms with van der Waals surface area (Å²) in [5.41, 5.74) is -1.96. The average Bonchev–Trinajstić information content (AvgIpc) is 3.38. The van der Waals surface area contributed by atoms with Gasteiger partial charge in [0.25, 0.3) is 10.0 Å². The molecule has 0 unspecified atom stereocenters. The van der Waals surface area contributed by atoms with Crippen LogP contribution in [0, 0.1) is 69.0 Å². The van der Waals surface area contributed by atoms with Crippen molar-refractivity contribution in [3.63, 3.8) is 0 Å². The summed E-state index contributed by atoms with van der Waals surface area (Å²) >= 11 is 0. The molecular formula is C26H19N5O2S. The Bertz CT molecular complexity index is 1560. The molecule has 1 aromatic heterocycles. The van der Waals surface area contributed by atoms with Gasteiger partial charge in [-0.25, -0.2) is 12.4 Å². The van der Waals surface area contributed by atoms with Crippen molar-refractivity contribution in [3.8, 4) is 24.3 Å². The molecule has 1 heterocycles. The molecule has 166 valence electrons. The van der Waals surface area contributed by atoms with E-state index in [4.69, 9.17) is 0 Å². The Labute approximate surface area is 198 Å². The van der Waals surface area contributed by atoms with Gasteiger partial charge in [0.1, 0.15) is 0 Å². The Kier molecular flexibility index (Phi) is 5.29. The highest BCUT2D eigenvalue weighted by molar-refractivity contribution is 7.90. The number of aromatic nitrogens is 1. The highest BCUT2D eigenvalue weighted by atomic mass is 32.2. The molecule has 2 atom stereocenters. The molecule has 1 aliphatic rings. The van der Waals surface area contributed by atoms with Gasteiger partial charge < -0.3 is 0 Å². The van der Waals surface area contributed by atoms with Gasteiger partial charge >= 0.3 is 0 Å². The average molecular weight is 466 g/mol. The molecule has 0 saturated heterocycles. The van der Waals surface area contributed by atoms with E-state index >= 15 is 0 Å². The second-order valence-corrected chi connectivity index (χ2v) is 10.3. The Morgan fingerprint density at radius 1 is 1.00 bits per heavy atom. The second kappa shape index (κ2) is 7.89. The summed E-state index contributed by atoms with van der Waals surface area (Å²) in [6, 6.07) is 21.3. The SMILES string of the molecule is C=C[C@@H]1CC(C#N)(C#N)[C@@H](c2cn(S(=O)(=O)c3ccc(C)cc3)c3ccccc23)C1(C#N)C#N. The van der Waals surface area contributed by atoms with E-state index in [1.165, 1.54) is 24.4 Å². The molecule has 0 bridgehead atoms. The quantitative estimate of drug-likeness (QED) is 0.519. The Balaban J connectivity index is 2.08. The van der Waals surface area contributed by atoms with E-state index in [1.807, 2.05) is 19.1 Å². The number of allylic oxidation sites excluding steroid dienone is 1. The van der Waals surface area contributed by atoms with Crippen LogP contribution in [0.5, 0.6) is 0 Å². The van der Waals surface area contributed by atoms with E-state index in [0.29, 0.717) is 16.5 Å². The summed E-state index contributed by atoms with van der Waals surface area (Å²) in [6.07, 6.45) is 2.72. The maximum atomic E-state index is 13.6. The first-order valence-corrected chi connectivity index (χ1v) is 11.9. The molecule has 0 radical (unpaired) electrons.